The van der Waals surface area contributed by atoms with Gasteiger partial charge in [0.15, 0.2) is 0 Å². The predicted octanol–water partition coefficient (Wildman–Crippen LogP) is 3.53. The summed E-state index contributed by atoms with van der Waals surface area (Å²) in [6.07, 6.45) is 2.13. The van der Waals surface area contributed by atoms with E-state index in [1.165, 1.54) is 0 Å². The molecule has 1 rings (SSSR count). The zero-order valence-electron chi connectivity index (χ0n) is 12.9. The van der Waals surface area contributed by atoms with Gasteiger partial charge >= 0.3 is 12.0 Å². The van der Waals surface area contributed by atoms with Crippen LogP contribution in [0, 0.1) is 0 Å². The number of amides is 2. The fraction of sp³-hybridized carbons (Fsp3) is 0.500. The molecule has 0 spiro atoms. The lowest BCUT2D eigenvalue weighted by atomic mass is 9.98. The molecule has 5 nitrogen and oxygen atoms in total. The molecule has 5 heteroatoms. The molecule has 21 heavy (non-hydrogen) atoms. The molecule has 0 bridgehead atoms. The molecular weight excluding hydrogens is 268 g/mol. The summed E-state index contributed by atoms with van der Waals surface area (Å²) in [4.78, 5) is 24.3. The van der Waals surface area contributed by atoms with Crippen molar-refractivity contribution in [2.45, 2.75) is 39.0 Å². The van der Waals surface area contributed by atoms with Crippen molar-refractivity contribution in [3.05, 3.63) is 29.8 Å². The van der Waals surface area contributed by atoms with E-state index in [0.29, 0.717) is 0 Å². The molecule has 0 aliphatic rings. The fourth-order valence-corrected chi connectivity index (χ4v) is 1.99. The normalized spacial score (nSPS) is 11.8. The van der Waals surface area contributed by atoms with Gasteiger partial charge in [-0.25, -0.2) is 4.79 Å². The molecule has 0 aromatic heterocycles. The number of carboxylic acids is 1. The second kappa shape index (κ2) is 8.29. The van der Waals surface area contributed by atoms with Crippen molar-refractivity contribution in [1.82, 2.24) is 4.90 Å². The van der Waals surface area contributed by atoms with Crippen LogP contribution in [-0.2, 0) is 4.79 Å². The molecule has 0 heterocycles. The molecule has 2 N–H and O–H groups in total. The van der Waals surface area contributed by atoms with Gasteiger partial charge in [0.1, 0.15) is 0 Å². The third kappa shape index (κ3) is 5.85. The lowest BCUT2D eigenvalue weighted by Gasteiger charge is -2.18. The van der Waals surface area contributed by atoms with Crippen LogP contribution in [0.1, 0.15) is 44.6 Å². The number of hydrogen-bond donors (Lipinski definition) is 2. The number of carbonyl (C=O) groups excluding carboxylic acids is 1. The summed E-state index contributed by atoms with van der Waals surface area (Å²) < 4.78 is 0. The minimum atomic E-state index is -0.808. The van der Waals surface area contributed by atoms with E-state index in [1.807, 2.05) is 19.1 Å². The van der Waals surface area contributed by atoms with E-state index in [0.717, 1.165) is 30.6 Å². The first-order valence-electron chi connectivity index (χ1n) is 7.28. The number of unbranched alkanes of at least 4 members (excludes halogenated alkanes) is 1. The second-order valence-corrected chi connectivity index (χ2v) is 5.33. The first kappa shape index (κ1) is 17.0. The first-order valence-corrected chi connectivity index (χ1v) is 7.28. The van der Waals surface area contributed by atoms with E-state index >= 15 is 0 Å². The van der Waals surface area contributed by atoms with Gasteiger partial charge < -0.3 is 15.3 Å². The van der Waals surface area contributed by atoms with Crippen LogP contribution in [0.3, 0.4) is 0 Å². The molecule has 0 aliphatic heterocycles. The number of carbonyl (C=O) groups is 2. The number of anilines is 1. The SMILES string of the molecule is CCCCN(C)C(=O)Nc1ccc(C(C)CC(=O)O)cc1. The van der Waals surface area contributed by atoms with Gasteiger partial charge in [-0.05, 0) is 30.0 Å². The Kier molecular flexibility index (Phi) is 6.72. The van der Waals surface area contributed by atoms with Crippen molar-refractivity contribution < 1.29 is 14.7 Å². The van der Waals surface area contributed by atoms with E-state index in [9.17, 15) is 9.59 Å². The summed E-state index contributed by atoms with van der Waals surface area (Å²) in [5.74, 6) is -0.850. The van der Waals surface area contributed by atoms with E-state index in [-0.39, 0.29) is 18.4 Å². The van der Waals surface area contributed by atoms with Crippen molar-refractivity contribution in [3.63, 3.8) is 0 Å². The van der Waals surface area contributed by atoms with Crippen LogP contribution in [0.4, 0.5) is 10.5 Å². The van der Waals surface area contributed by atoms with Gasteiger partial charge in [0.2, 0.25) is 0 Å². The Labute approximate surface area is 126 Å². The number of aliphatic carboxylic acids is 1. The van der Waals surface area contributed by atoms with E-state index in [2.05, 4.69) is 12.2 Å². The summed E-state index contributed by atoms with van der Waals surface area (Å²) >= 11 is 0. The van der Waals surface area contributed by atoms with Gasteiger partial charge in [0, 0.05) is 19.3 Å². The molecule has 116 valence electrons. The van der Waals surface area contributed by atoms with Crippen LogP contribution in [0.25, 0.3) is 0 Å². The molecule has 1 aromatic rings. The monoisotopic (exact) mass is 292 g/mol. The van der Waals surface area contributed by atoms with Gasteiger partial charge in [-0.3, -0.25) is 4.79 Å². The number of nitrogens with one attached hydrogen (secondary N) is 1. The highest BCUT2D eigenvalue weighted by Crippen LogP contribution is 2.21. The maximum Gasteiger partial charge on any atom is 0.321 e. The van der Waals surface area contributed by atoms with Crippen LogP contribution in [0.15, 0.2) is 24.3 Å². The molecule has 0 saturated heterocycles. The van der Waals surface area contributed by atoms with Crippen LogP contribution in [-0.4, -0.2) is 35.6 Å². The zero-order chi connectivity index (χ0) is 15.8. The average molecular weight is 292 g/mol. The Bertz CT molecular complexity index is 471. The summed E-state index contributed by atoms with van der Waals surface area (Å²) in [7, 11) is 1.77. The highest BCUT2D eigenvalue weighted by Gasteiger charge is 2.11. The Hall–Kier alpha value is -2.04. The summed E-state index contributed by atoms with van der Waals surface area (Å²) in [5, 5.41) is 11.6. The maximum absolute atomic E-state index is 11.9. The number of urea groups is 1. The molecule has 0 fully saturated rings. The molecule has 1 aromatic carbocycles. The van der Waals surface area contributed by atoms with Crippen molar-refractivity contribution >= 4 is 17.7 Å². The molecule has 0 saturated carbocycles. The third-order valence-electron chi connectivity index (χ3n) is 3.41. The largest absolute Gasteiger partial charge is 0.481 e. The van der Waals surface area contributed by atoms with Crippen LogP contribution in [0.2, 0.25) is 0 Å². The van der Waals surface area contributed by atoms with E-state index in [1.54, 1.807) is 24.1 Å². The highest BCUT2D eigenvalue weighted by atomic mass is 16.4. The molecule has 0 aliphatic carbocycles. The smallest absolute Gasteiger partial charge is 0.321 e. The van der Waals surface area contributed by atoms with Gasteiger partial charge in [-0.15, -0.1) is 0 Å². The van der Waals surface area contributed by atoms with Gasteiger partial charge in [-0.1, -0.05) is 32.4 Å². The topological polar surface area (TPSA) is 69.6 Å². The van der Waals surface area contributed by atoms with E-state index < -0.39 is 5.97 Å². The molecule has 1 atom stereocenters. The number of benzene rings is 1. The average Bonchev–Trinajstić information content (AvgIpc) is 2.44. The summed E-state index contributed by atoms with van der Waals surface area (Å²) in [6.45, 7) is 4.69. The second-order valence-electron chi connectivity index (χ2n) is 5.33. The number of nitrogens with zero attached hydrogens (tertiary/aromatic N) is 1. The molecular formula is C16H24N2O3. The molecule has 2 amide bonds. The number of rotatable bonds is 7. The standard InChI is InChI=1S/C16H24N2O3/c1-4-5-10-18(3)16(21)17-14-8-6-13(7-9-14)12(2)11-15(19)20/h6-9,12H,4-5,10-11H2,1-3H3,(H,17,21)(H,19,20). The molecule has 0 radical (unpaired) electrons. The fourth-order valence-electron chi connectivity index (χ4n) is 1.99. The van der Waals surface area contributed by atoms with Crippen molar-refractivity contribution in [1.29, 1.82) is 0 Å². The highest BCUT2D eigenvalue weighted by molar-refractivity contribution is 5.89. The quantitative estimate of drug-likeness (QED) is 0.807. The van der Waals surface area contributed by atoms with Crippen molar-refractivity contribution in [3.8, 4) is 0 Å². The van der Waals surface area contributed by atoms with Gasteiger partial charge in [0.25, 0.3) is 0 Å². The van der Waals surface area contributed by atoms with Crippen molar-refractivity contribution in [2.75, 3.05) is 18.9 Å². The predicted molar refractivity (Wildman–Crippen MR) is 83.7 cm³/mol. The van der Waals surface area contributed by atoms with Crippen LogP contribution < -0.4 is 5.32 Å². The summed E-state index contributed by atoms with van der Waals surface area (Å²) in [6, 6.07) is 7.19. The third-order valence-corrected chi connectivity index (χ3v) is 3.41. The number of carboxylic acid groups (broad SMARTS) is 1. The van der Waals surface area contributed by atoms with Crippen LogP contribution >= 0.6 is 0 Å². The Morgan fingerprint density at radius 2 is 1.90 bits per heavy atom. The minimum absolute atomic E-state index is 0.0421. The summed E-state index contributed by atoms with van der Waals surface area (Å²) in [5.41, 5.74) is 1.67. The Balaban J connectivity index is 2.58. The lowest BCUT2D eigenvalue weighted by Crippen LogP contribution is -2.32. The molecule has 1 unspecified atom stereocenters. The number of hydrogen-bond acceptors (Lipinski definition) is 2. The lowest BCUT2D eigenvalue weighted by molar-refractivity contribution is -0.137. The van der Waals surface area contributed by atoms with Crippen LogP contribution in [0.5, 0.6) is 0 Å². The zero-order valence-corrected chi connectivity index (χ0v) is 12.9. The van der Waals surface area contributed by atoms with Crippen molar-refractivity contribution in [2.24, 2.45) is 0 Å². The van der Waals surface area contributed by atoms with Gasteiger partial charge in [-0.2, -0.15) is 0 Å². The maximum atomic E-state index is 11.9. The van der Waals surface area contributed by atoms with Gasteiger partial charge in [0.05, 0.1) is 6.42 Å². The Morgan fingerprint density at radius 1 is 1.29 bits per heavy atom. The van der Waals surface area contributed by atoms with E-state index in [4.69, 9.17) is 5.11 Å². The minimum Gasteiger partial charge on any atom is -0.481 e. The first-order chi connectivity index (χ1) is 9.93. The Morgan fingerprint density at radius 3 is 2.43 bits per heavy atom.